The maximum atomic E-state index is 12.2. The quantitative estimate of drug-likeness (QED) is 0.843. The smallest absolute Gasteiger partial charge is 0.261 e. The van der Waals surface area contributed by atoms with Crippen LogP contribution in [0.5, 0.6) is 0 Å². The number of halogens is 1. The van der Waals surface area contributed by atoms with Gasteiger partial charge in [0.2, 0.25) is 0 Å². The van der Waals surface area contributed by atoms with Crippen LogP contribution < -0.4 is 10.5 Å². The van der Waals surface area contributed by atoms with E-state index in [-0.39, 0.29) is 4.90 Å². The van der Waals surface area contributed by atoms with Gasteiger partial charge in [0.1, 0.15) is 0 Å². The number of sulfonamides is 1. The number of hydrogen-bond acceptors (Lipinski definition) is 3. The van der Waals surface area contributed by atoms with Gasteiger partial charge in [-0.05, 0) is 37.3 Å². The molecule has 0 heterocycles. The molecule has 3 N–H and O–H groups in total. The molecule has 4 nitrogen and oxygen atoms in total. The molecule has 0 fully saturated rings. The normalized spacial score (nSPS) is 11.3. The number of nitrogens with two attached hydrogens (primary N) is 1. The molecule has 2 aromatic rings. The lowest BCUT2D eigenvalue weighted by Gasteiger charge is -2.10. The molecule has 2 rings (SSSR count). The molecule has 0 bridgehead atoms. The Morgan fingerprint density at radius 2 is 1.74 bits per heavy atom. The van der Waals surface area contributed by atoms with E-state index in [0.29, 0.717) is 11.4 Å². The van der Waals surface area contributed by atoms with Gasteiger partial charge in [-0.1, -0.05) is 33.6 Å². The molecule has 2 aromatic carbocycles. The van der Waals surface area contributed by atoms with Gasteiger partial charge in [-0.2, -0.15) is 0 Å². The van der Waals surface area contributed by atoms with Crippen LogP contribution in [0, 0.1) is 6.92 Å². The van der Waals surface area contributed by atoms with Crippen molar-refractivity contribution in [1.29, 1.82) is 0 Å². The Hall–Kier alpha value is -1.53. The predicted molar refractivity (Wildman–Crippen MR) is 80.5 cm³/mol. The summed E-state index contributed by atoms with van der Waals surface area (Å²) in [7, 11) is -3.61. The molecule has 100 valence electrons. The number of rotatable bonds is 3. The zero-order valence-electron chi connectivity index (χ0n) is 10.2. The topological polar surface area (TPSA) is 72.2 Å². The predicted octanol–water partition coefficient (Wildman–Crippen LogP) is 3.14. The van der Waals surface area contributed by atoms with Gasteiger partial charge in [-0.25, -0.2) is 8.42 Å². The second-order valence-electron chi connectivity index (χ2n) is 4.15. The molecule has 6 heteroatoms. The number of hydrogen-bond donors (Lipinski definition) is 2. The Kier molecular flexibility index (Phi) is 3.82. The minimum Gasteiger partial charge on any atom is -0.397 e. The molecule has 0 saturated heterocycles. The minimum absolute atomic E-state index is 0.209. The SMILES string of the molecule is Cc1ccc(S(=O)(=O)Nc2ccc(Br)cc2N)cc1. The Morgan fingerprint density at radius 1 is 1.11 bits per heavy atom. The Labute approximate surface area is 120 Å². The van der Waals surface area contributed by atoms with Crippen molar-refractivity contribution < 1.29 is 8.42 Å². The maximum absolute atomic E-state index is 12.2. The van der Waals surface area contributed by atoms with E-state index in [1.807, 2.05) is 6.92 Å². The van der Waals surface area contributed by atoms with E-state index in [1.165, 1.54) is 0 Å². The van der Waals surface area contributed by atoms with Crippen molar-refractivity contribution in [1.82, 2.24) is 0 Å². The third kappa shape index (κ3) is 3.27. The zero-order valence-corrected chi connectivity index (χ0v) is 12.6. The molecule has 0 aliphatic rings. The van der Waals surface area contributed by atoms with Crippen molar-refractivity contribution >= 4 is 37.3 Å². The van der Waals surface area contributed by atoms with E-state index in [2.05, 4.69) is 20.7 Å². The zero-order chi connectivity index (χ0) is 14.0. The molecule has 0 atom stereocenters. The van der Waals surface area contributed by atoms with Crippen LogP contribution in [0.25, 0.3) is 0 Å². The first kappa shape index (κ1) is 13.9. The number of aryl methyl sites for hydroxylation is 1. The van der Waals surface area contributed by atoms with Crippen LogP contribution in [0.1, 0.15) is 5.56 Å². The van der Waals surface area contributed by atoms with Gasteiger partial charge >= 0.3 is 0 Å². The Morgan fingerprint density at radius 3 is 2.32 bits per heavy atom. The maximum Gasteiger partial charge on any atom is 0.261 e. The van der Waals surface area contributed by atoms with Crippen LogP contribution in [0.2, 0.25) is 0 Å². The van der Waals surface area contributed by atoms with Crippen LogP contribution in [0.3, 0.4) is 0 Å². The van der Waals surface area contributed by atoms with Crippen LogP contribution in [-0.4, -0.2) is 8.42 Å². The summed E-state index contributed by atoms with van der Waals surface area (Å²) in [5.41, 5.74) is 7.51. The van der Waals surface area contributed by atoms with E-state index in [0.717, 1.165) is 10.0 Å². The standard InChI is InChI=1S/C13H13BrN2O2S/c1-9-2-5-11(6-3-9)19(17,18)16-13-7-4-10(14)8-12(13)15/h2-8,16H,15H2,1H3. The fourth-order valence-corrected chi connectivity index (χ4v) is 3.01. The van der Waals surface area contributed by atoms with E-state index in [4.69, 9.17) is 5.73 Å². The van der Waals surface area contributed by atoms with Crippen LogP contribution in [-0.2, 0) is 10.0 Å². The highest BCUT2D eigenvalue weighted by Crippen LogP contribution is 2.25. The minimum atomic E-state index is -3.61. The van der Waals surface area contributed by atoms with Crippen molar-refractivity contribution in [3.05, 3.63) is 52.5 Å². The average Bonchev–Trinajstić information content (AvgIpc) is 2.33. The van der Waals surface area contributed by atoms with E-state index in [1.54, 1.807) is 42.5 Å². The largest absolute Gasteiger partial charge is 0.397 e. The van der Waals surface area contributed by atoms with Crippen LogP contribution >= 0.6 is 15.9 Å². The number of anilines is 2. The second-order valence-corrected chi connectivity index (χ2v) is 6.75. The number of nitrogens with one attached hydrogen (secondary N) is 1. The third-order valence-electron chi connectivity index (χ3n) is 2.59. The molecule has 0 aromatic heterocycles. The first-order valence-corrected chi connectivity index (χ1v) is 7.80. The van der Waals surface area contributed by atoms with Crippen molar-refractivity contribution in [3.8, 4) is 0 Å². The second kappa shape index (κ2) is 5.22. The highest BCUT2D eigenvalue weighted by atomic mass is 79.9. The monoisotopic (exact) mass is 340 g/mol. The Bertz CT molecular complexity index is 697. The summed E-state index contributed by atoms with van der Waals surface area (Å²) in [6.45, 7) is 1.90. The summed E-state index contributed by atoms with van der Waals surface area (Å²) in [6, 6.07) is 11.6. The van der Waals surface area contributed by atoms with Crippen molar-refractivity contribution in [2.75, 3.05) is 10.5 Å². The lowest BCUT2D eigenvalue weighted by Crippen LogP contribution is -2.14. The summed E-state index contributed by atoms with van der Waals surface area (Å²) in [6.07, 6.45) is 0. The molecule has 0 radical (unpaired) electrons. The number of benzene rings is 2. The summed E-state index contributed by atoms with van der Waals surface area (Å²) in [5.74, 6) is 0. The van der Waals surface area contributed by atoms with Gasteiger partial charge in [0, 0.05) is 4.47 Å². The van der Waals surface area contributed by atoms with Gasteiger partial charge in [-0.15, -0.1) is 0 Å². The van der Waals surface area contributed by atoms with E-state index in [9.17, 15) is 8.42 Å². The van der Waals surface area contributed by atoms with Gasteiger partial charge < -0.3 is 5.73 Å². The highest BCUT2D eigenvalue weighted by molar-refractivity contribution is 9.10. The average molecular weight is 341 g/mol. The van der Waals surface area contributed by atoms with Gasteiger partial charge in [-0.3, -0.25) is 4.72 Å². The molecule has 0 spiro atoms. The van der Waals surface area contributed by atoms with Gasteiger partial charge in [0.25, 0.3) is 10.0 Å². The molecule has 0 aliphatic heterocycles. The highest BCUT2D eigenvalue weighted by Gasteiger charge is 2.15. The summed E-state index contributed by atoms with van der Waals surface area (Å²) in [5, 5.41) is 0. The first-order chi connectivity index (χ1) is 8.88. The van der Waals surface area contributed by atoms with Crippen molar-refractivity contribution in [3.63, 3.8) is 0 Å². The van der Waals surface area contributed by atoms with Crippen molar-refractivity contribution in [2.24, 2.45) is 0 Å². The summed E-state index contributed by atoms with van der Waals surface area (Å²) >= 11 is 3.27. The van der Waals surface area contributed by atoms with E-state index >= 15 is 0 Å². The van der Waals surface area contributed by atoms with Crippen molar-refractivity contribution in [2.45, 2.75) is 11.8 Å². The molecule has 0 aliphatic carbocycles. The van der Waals surface area contributed by atoms with Gasteiger partial charge in [0.15, 0.2) is 0 Å². The first-order valence-electron chi connectivity index (χ1n) is 5.53. The van der Waals surface area contributed by atoms with Crippen LogP contribution in [0.15, 0.2) is 51.8 Å². The summed E-state index contributed by atoms with van der Waals surface area (Å²) in [4.78, 5) is 0.209. The molecule has 0 saturated carbocycles. The molecule has 0 unspecified atom stereocenters. The summed E-state index contributed by atoms with van der Waals surface area (Å²) < 4.78 is 27.6. The fourth-order valence-electron chi connectivity index (χ4n) is 1.55. The van der Waals surface area contributed by atoms with E-state index < -0.39 is 10.0 Å². The fraction of sp³-hybridized carbons (Fsp3) is 0.0769. The molecular formula is C13H13BrN2O2S. The van der Waals surface area contributed by atoms with Gasteiger partial charge in [0.05, 0.1) is 16.3 Å². The molecular weight excluding hydrogens is 328 g/mol. The lowest BCUT2D eigenvalue weighted by atomic mass is 10.2. The number of nitrogen functional groups attached to an aromatic ring is 1. The van der Waals surface area contributed by atoms with Crippen LogP contribution in [0.4, 0.5) is 11.4 Å². The molecule has 19 heavy (non-hydrogen) atoms. The Balaban J connectivity index is 2.33. The third-order valence-corrected chi connectivity index (χ3v) is 4.46. The lowest BCUT2D eigenvalue weighted by molar-refractivity contribution is 0.601. The molecule has 0 amide bonds.